The first-order chi connectivity index (χ1) is 9.78. The molecule has 0 bridgehead atoms. The number of benzene rings is 1. The van der Waals surface area contributed by atoms with Crippen molar-refractivity contribution in [2.24, 2.45) is 10.9 Å². The highest BCUT2D eigenvalue weighted by Gasteiger charge is 2.32. The summed E-state index contributed by atoms with van der Waals surface area (Å²) in [7, 11) is 0. The van der Waals surface area contributed by atoms with Crippen LogP contribution in [0.5, 0.6) is 5.75 Å². The average Bonchev–Trinajstić information content (AvgIpc) is 2.49. The van der Waals surface area contributed by atoms with Crippen molar-refractivity contribution in [3.05, 3.63) is 29.3 Å². The summed E-state index contributed by atoms with van der Waals surface area (Å²) in [6, 6.07) is 6.07. The minimum absolute atomic E-state index is 0.112. The lowest BCUT2D eigenvalue weighted by Crippen LogP contribution is -2.37. The van der Waals surface area contributed by atoms with E-state index in [1.54, 1.807) is 0 Å². The summed E-state index contributed by atoms with van der Waals surface area (Å²) in [5, 5.41) is 8.91. The highest BCUT2D eigenvalue weighted by molar-refractivity contribution is 6.04. The molecule has 3 rings (SSSR count). The highest BCUT2D eigenvalue weighted by atomic mass is 16.5. The van der Waals surface area contributed by atoms with Crippen LogP contribution in [0.15, 0.2) is 23.2 Å². The minimum atomic E-state index is 0.112. The zero-order valence-corrected chi connectivity index (χ0v) is 11.6. The van der Waals surface area contributed by atoms with Gasteiger partial charge >= 0.3 is 0 Å². The number of fused-ring (bicyclic) bond motifs is 1. The predicted octanol–water partition coefficient (Wildman–Crippen LogP) is 2.84. The van der Waals surface area contributed by atoms with Gasteiger partial charge < -0.3 is 9.47 Å². The summed E-state index contributed by atoms with van der Waals surface area (Å²) >= 11 is 0. The molecule has 1 unspecified atom stereocenters. The Balaban J connectivity index is 1.91. The van der Waals surface area contributed by atoms with Crippen molar-refractivity contribution in [3.8, 4) is 11.9 Å². The molecular formula is C16H18N2O2. The Bertz CT molecular complexity index is 568. The van der Waals surface area contributed by atoms with Crippen molar-refractivity contribution in [2.45, 2.75) is 32.3 Å². The van der Waals surface area contributed by atoms with Gasteiger partial charge in [0.1, 0.15) is 11.9 Å². The Morgan fingerprint density at radius 1 is 1.30 bits per heavy atom. The van der Waals surface area contributed by atoms with Crippen LogP contribution < -0.4 is 4.74 Å². The van der Waals surface area contributed by atoms with E-state index in [4.69, 9.17) is 14.7 Å². The van der Waals surface area contributed by atoms with Crippen molar-refractivity contribution >= 4 is 5.71 Å². The van der Waals surface area contributed by atoms with Crippen molar-refractivity contribution < 1.29 is 9.47 Å². The molecule has 2 heterocycles. The van der Waals surface area contributed by atoms with Crippen molar-refractivity contribution in [1.82, 2.24) is 0 Å². The smallest absolute Gasteiger partial charge is 0.205 e. The van der Waals surface area contributed by atoms with Crippen LogP contribution in [0.1, 0.15) is 30.4 Å². The standard InChI is InChI=1S/C16H18N2O2/c1-11-2-3-15-13(8-11)14(18-10-17)9-16(20-15)12-4-6-19-7-5-12/h2-3,8,12,16H,4-7,9H2,1H3. The third-order valence-electron chi connectivity index (χ3n) is 4.10. The first kappa shape index (κ1) is 13.1. The normalized spacial score (nSPS) is 24.8. The zero-order chi connectivity index (χ0) is 13.9. The van der Waals surface area contributed by atoms with Crippen LogP contribution in [0.25, 0.3) is 0 Å². The monoisotopic (exact) mass is 270 g/mol. The lowest BCUT2D eigenvalue weighted by atomic mass is 9.87. The molecule has 4 heteroatoms. The quantitative estimate of drug-likeness (QED) is 0.737. The molecule has 0 amide bonds. The van der Waals surface area contributed by atoms with Crippen LogP contribution in [-0.4, -0.2) is 25.0 Å². The molecule has 0 N–H and O–H groups in total. The van der Waals surface area contributed by atoms with Gasteiger partial charge in [-0.2, -0.15) is 10.3 Å². The summed E-state index contributed by atoms with van der Waals surface area (Å²) in [5.41, 5.74) is 2.98. The summed E-state index contributed by atoms with van der Waals surface area (Å²) in [6.45, 7) is 3.64. The maximum Gasteiger partial charge on any atom is 0.205 e. The number of aliphatic imine (C=N–C) groups is 1. The first-order valence-corrected chi connectivity index (χ1v) is 7.09. The molecule has 2 aliphatic heterocycles. The van der Waals surface area contributed by atoms with Crippen LogP contribution in [-0.2, 0) is 4.74 Å². The van der Waals surface area contributed by atoms with Gasteiger partial charge in [-0.05, 0) is 31.9 Å². The van der Waals surface area contributed by atoms with E-state index < -0.39 is 0 Å². The Morgan fingerprint density at radius 2 is 2.10 bits per heavy atom. The first-order valence-electron chi connectivity index (χ1n) is 7.09. The zero-order valence-electron chi connectivity index (χ0n) is 11.6. The van der Waals surface area contributed by atoms with Crippen molar-refractivity contribution in [3.63, 3.8) is 0 Å². The van der Waals surface area contributed by atoms with E-state index >= 15 is 0 Å². The molecule has 1 aromatic carbocycles. The molecule has 1 saturated heterocycles. The van der Waals surface area contributed by atoms with E-state index in [-0.39, 0.29) is 6.10 Å². The van der Waals surface area contributed by atoms with Gasteiger partial charge in [0.15, 0.2) is 0 Å². The lowest BCUT2D eigenvalue weighted by molar-refractivity contribution is 0.0187. The molecule has 0 aromatic heterocycles. The molecule has 0 aliphatic carbocycles. The lowest BCUT2D eigenvalue weighted by Gasteiger charge is -2.34. The molecule has 20 heavy (non-hydrogen) atoms. The molecule has 104 valence electrons. The van der Waals surface area contributed by atoms with Gasteiger partial charge in [-0.3, -0.25) is 0 Å². The van der Waals surface area contributed by atoms with E-state index in [0.29, 0.717) is 12.3 Å². The van der Waals surface area contributed by atoms with Gasteiger partial charge in [-0.1, -0.05) is 11.6 Å². The number of nitriles is 1. The number of hydrogen-bond donors (Lipinski definition) is 0. The second-order valence-corrected chi connectivity index (χ2v) is 5.47. The molecule has 2 aliphatic rings. The van der Waals surface area contributed by atoms with Crippen molar-refractivity contribution in [1.29, 1.82) is 5.26 Å². The van der Waals surface area contributed by atoms with Gasteiger partial charge in [0.2, 0.25) is 6.19 Å². The number of aryl methyl sites for hydroxylation is 1. The summed E-state index contributed by atoms with van der Waals surface area (Å²) in [6.07, 6.45) is 4.80. The summed E-state index contributed by atoms with van der Waals surface area (Å²) in [5.74, 6) is 1.34. The molecule has 4 nitrogen and oxygen atoms in total. The number of nitrogens with zero attached hydrogens (tertiary/aromatic N) is 2. The molecular weight excluding hydrogens is 252 g/mol. The van der Waals surface area contributed by atoms with E-state index in [0.717, 1.165) is 48.6 Å². The molecule has 0 saturated carbocycles. The maximum atomic E-state index is 8.91. The second kappa shape index (κ2) is 5.64. The molecule has 1 fully saturated rings. The van der Waals surface area contributed by atoms with Gasteiger partial charge in [0.25, 0.3) is 0 Å². The molecule has 0 spiro atoms. The van der Waals surface area contributed by atoms with E-state index in [1.807, 2.05) is 31.3 Å². The van der Waals surface area contributed by atoms with Crippen molar-refractivity contribution in [2.75, 3.05) is 13.2 Å². The van der Waals surface area contributed by atoms with Gasteiger partial charge in [-0.25, -0.2) is 0 Å². The highest BCUT2D eigenvalue weighted by Crippen LogP contribution is 2.34. The largest absolute Gasteiger partial charge is 0.489 e. The fraction of sp³-hybridized carbons (Fsp3) is 0.500. The van der Waals surface area contributed by atoms with E-state index in [9.17, 15) is 0 Å². The Kier molecular flexibility index (Phi) is 3.70. The fourth-order valence-electron chi connectivity index (χ4n) is 2.99. The van der Waals surface area contributed by atoms with Crippen LogP contribution in [0, 0.1) is 24.3 Å². The second-order valence-electron chi connectivity index (χ2n) is 5.47. The third kappa shape index (κ3) is 2.54. The van der Waals surface area contributed by atoms with Crippen LogP contribution in [0.3, 0.4) is 0 Å². The van der Waals surface area contributed by atoms with Gasteiger partial charge in [0, 0.05) is 31.1 Å². The Hall–Kier alpha value is -1.86. The van der Waals surface area contributed by atoms with Crippen LogP contribution in [0.4, 0.5) is 0 Å². The summed E-state index contributed by atoms with van der Waals surface area (Å²) < 4.78 is 11.6. The predicted molar refractivity (Wildman–Crippen MR) is 75.9 cm³/mol. The molecule has 0 radical (unpaired) electrons. The summed E-state index contributed by atoms with van der Waals surface area (Å²) in [4.78, 5) is 4.02. The fourth-order valence-corrected chi connectivity index (χ4v) is 2.99. The topological polar surface area (TPSA) is 54.6 Å². The SMILES string of the molecule is Cc1ccc2c(c1)C(=NC#N)CC(C1CCOCC1)O2. The molecule has 1 aromatic rings. The van der Waals surface area contributed by atoms with E-state index in [1.165, 1.54) is 0 Å². The van der Waals surface area contributed by atoms with Gasteiger partial charge in [-0.15, -0.1) is 0 Å². The molecule has 1 atom stereocenters. The average molecular weight is 270 g/mol. The Morgan fingerprint density at radius 3 is 2.85 bits per heavy atom. The van der Waals surface area contributed by atoms with E-state index in [2.05, 4.69) is 4.99 Å². The number of rotatable bonds is 1. The minimum Gasteiger partial charge on any atom is -0.489 e. The maximum absolute atomic E-state index is 8.91. The van der Waals surface area contributed by atoms with Crippen LogP contribution in [0.2, 0.25) is 0 Å². The van der Waals surface area contributed by atoms with Crippen LogP contribution >= 0.6 is 0 Å². The Labute approximate surface area is 119 Å². The third-order valence-corrected chi connectivity index (χ3v) is 4.10. The number of hydrogen-bond acceptors (Lipinski definition) is 4. The number of ether oxygens (including phenoxy) is 2. The van der Waals surface area contributed by atoms with Gasteiger partial charge in [0.05, 0.1) is 5.71 Å².